The molecule has 0 amide bonds. The number of rotatable bonds is 4. The van der Waals surface area contributed by atoms with Crippen molar-refractivity contribution in [3.63, 3.8) is 0 Å². The van der Waals surface area contributed by atoms with Crippen LogP contribution >= 0.6 is 0 Å². The Bertz CT molecular complexity index is 189. The van der Waals surface area contributed by atoms with Gasteiger partial charge in [0.25, 0.3) is 0 Å². The molecule has 0 rings (SSSR count). The van der Waals surface area contributed by atoms with Crippen molar-refractivity contribution >= 4 is 21.4 Å². The summed E-state index contributed by atoms with van der Waals surface area (Å²) in [6, 6.07) is 0. The van der Waals surface area contributed by atoms with E-state index in [1.165, 1.54) is 0 Å². The first-order valence-electron chi connectivity index (χ1n) is 2.65. The number of thiol groups is 2. The highest BCUT2D eigenvalue weighted by Gasteiger charge is 2.12. The quantitative estimate of drug-likeness (QED) is 0.560. The van der Waals surface area contributed by atoms with Crippen LogP contribution in [-0.2, 0) is 21.4 Å². The molecule has 0 aliphatic rings. The van der Waals surface area contributed by atoms with Gasteiger partial charge in [0.2, 0.25) is 0 Å². The molecule has 61 valence electrons. The lowest BCUT2D eigenvalue weighted by Gasteiger charge is -1.96. The van der Waals surface area contributed by atoms with Crippen LogP contribution in [0.4, 0.5) is 0 Å². The van der Waals surface area contributed by atoms with Crippen molar-refractivity contribution in [2.75, 3.05) is 0 Å². The number of hydrogen-bond acceptors (Lipinski definition) is 4. The van der Waals surface area contributed by atoms with E-state index in [1.807, 2.05) is 0 Å². The maximum atomic E-state index is 10.2. The van der Waals surface area contributed by atoms with E-state index in [0.717, 1.165) is 0 Å². The van der Waals surface area contributed by atoms with Crippen LogP contribution in [0.5, 0.6) is 0 Å². The van der Waals surface area contributed by atoms with Crippen LogP contribution in [0.1, 0.15) is 12.8 Å². The van der Waals surface area contributed by atoms with Crippen molar-refractivity contribution in [2.24, 2.45) is 0 Å². The first-order chi connectivity index (χ1) is 4.59. The number of hydrogen-bond donors (Lipinski definition) is 2. The maximum Gasteiger partial charge on any atom is 0.157 e. The van der Waals surface area contributed by atoms with Crippen molar-refractivity contribution in [3.8, 4) is 0 Å². The largest absolute Gasteiger partial charge is 0.231 e. The highest BCUT2D eigenvalue weighted by Crippen LogP contribution is 2.00. The minimum atomic E-state index is -2.85. The molecular formula is C4H9O4S2. The predicted molar refractivity (Wildman–Crippen MR) is 39.0 cm³/mol. The third-order valence-corrected chi connectivity index (χ3v) is 3.57. The second-order valence-electron chi connectivity index (χ2n) is 1.69. The molecule has 0 bridgehead atoms. The summed E-state index contributed by atoms with van der Waals surface area (Å²) in [6.07, 6.45) is 0.411. The van der Waals surface area contributed by atoms with Crippen molar-refractivity contribution < 1.29 is 16.8 Å². The Morgan fingerprint density at radius 2 is 1.50 bits per heavy atom. The molecule has 0 aromatic rings. The summed E-state index contributed by atoms with van der Waals surface area (Å²) in [5.41, 5.74) is 0. The summed E-state index contributed by atoms with van der Waals surface area (Å²) in [5, 5.41) is 0. The van der Waals surface area contributed by atoms with E-state index in [9.17, 15) is 16.8 Å². The molecular weight excluding hydrogens is 176 g/mol. The van der Waals surface area contributed by atoms with E-state index < -0.39 is 26.0 Å². The van der Waals surface area contributed by atoms with Crippen molar-refractivity contribution in [3.05, 3.63) is 6.92 Å². The Hall–Kier alpha value is -0.100. The molecule has 0 heterocycles. The Morgan fingerprint density at radius 1 is 1.10 bits per heavy atom. The van der Waals surface area contributed by atoms with Gasteiger partial charge in [-0.05, 0) is 6.42 Å². The van der Waals surface area contributed by atoms with E-state index in [1.54, 1.807) is 0 Å². The summed E-state index contributed by atoms with van der Waals surface area (Å²) in [6.45, 7) is 3.36. The van der Waals surface area contributed by atoms with E-state index in [2.05, 4.69) is 6.92 Å². The summed E-state index contributed by atoms with van der Waals surface area (Å²) in [5.74, 6) is 0. The molecule has 10 heavy (non-hydrogen) atoms. The second kappa shape index (κ2) is 4.68. The average Bonchev–Trinajstić information content (AvgIpc) is 1.81. The standard InChI is InChI=1S/C4H9O4S2/c1-2-3-4(9(5)6)10(7)8/h4,9-10H,1-3H2. The molecule has 4 nitrogen and oxygen atoms in total. The normalized spacial score (nSPS) is 11.6. The van der Waals surface area contributed by atoms with Gasteiger partial charge in [-0.3, -0.25) is 0 Å². The van der Waals surface area contributed by atoms with Crippen LogP contribution in [-0.4, -0.2) is 21.4 Å². The van der Waals surface area contributed by atoms with Gasteiger partial charge < -0.3 is 0 Å². The van der Waals surface area contributed by atoms with E-state index in [-0.39, 0.29) is 6.42 Å². The lowest BCUT2D eigenvalue weighted by molar-refractivity contribution is 0.591. The Labute approximate surface area is 63.1 Å². The van der Waals surface area contributed by atoms with Gasteiger partial charge in [-0.15, -0.1) is 0 Å². The van der Waals surface area contributed by atoms with Crippen LogP contribution in [0.15, 0.2) is 0 Å². The molecule has 6 heteroatoms. The van der Waals surface area contributed by atoms with Crippen LogP contribution < -0.4 is 0 Å². The molecule has 1 radical (unpaired) electrons. The van der Waals surface area contributed by atoms with E-state index >= 15 is 0 Å². The van der Waals surface area contributed by atoms with Crippen molar-refractivity contribution in [1.82, 2.24) is 0 Å². The lowest BCUT2D eigenvalue weighted by atomic mass is 10.4. The minimum Gasteiger partial charge on any atom is -0.231 e. The second-order valence-corrected chi connectivity index (χ2v) is 4.49. The zero-order chi connectivity index (χ0) is 8.15. The molecule has 0 aromatic carbocycles. The van der Waals surface area contributed by atoms with Gasteiger partial charge >= 0.3 is 0 Å². The highest BCUT2D eigenvalue weighted by atomic mass is 32.2. The molecule has 0 unspecified atom stereocenters. The van der Waals surface area contributed by atoms with Gasteiger partial charge in [0.1, 0.15) is 0 Å². The van der Waals surface area contributed by atoms with Crippen LogP contribution in [0.2, 0.25) is 0 Å². The third kappa shape index (κ3) is 3.17. The molecule has 0 saturated heterocycles. The first-order valence-corrected chi connectivity index (χ1v) is 5.15. The average molecular weight is 185 g/mol. The van der Waals surface area contributed by atoms with Gasteiger partial charge in [-0.2, -0.15) is 0 Å². The summed E-state index contributed by atoms with van der Waals surface area (Å²) < 4.78 is 39.4. The molecule has 0 fully saturated rings. The fraction of sp³-hybridized carbons (Fsp3) is 0.750. The zero-order valence-electron chi connectivity index (χ0n) is 5.23. The Morgan fingerprint density at radius 3 is 1.60 bits per heavy atom. The van der Waals surface area contributed by atoms with Gasteiger partial charge in [-0.1, -0.05) is 13.3 Å². The highest BCUT2D eigenvalue weighted by molar-refractivity contribution is 7.91. The molecule has 0 aromatic heterocycles. The predicted octanol–water partition coefficient (Wildman–Crippen LogP) is -0.850. The monoisotopic (exact) mass is 185 g/mol. The molecule has 0 atom stereocenters. The van der Waals surface area contributed by atoms with Crippen molar-refractivity contribution in [2.45, 2.75) is 17.4 Å². The van der Waals surface area contributed by atoms with Crippen LogP contribution in [0.3, 0.4) is 0 Å². The molecule has 0 N–H and O–H groups in total. The Balaban J connectivity index is 4.27. The minimum absolute atomic E-state index is 0.0947. The first kappa shape index (κ1) is 9.90. The van der Waals surface area contributed by atoms with Gasteiger partial charge in [0.15, 0.2) is 26.0 Å². The summed E-state index contributed by atoms with van der Waals surface area (Å²) >= 11 is 0. The van der Waals surface area contributed by atoms with Gasteiger partial charge in [0.05, 0.1) is 0 Å². The molecule has 0 spiro atoms. The lowest BCUT2D eigenvalue weighted by Crippen LogP contribution is -2.10. The summed E-state index contributed by atoms with van der Waals surface area (Å²) in [4.78, 5) is 0. The fourth-order valence-corrected chi connectivity index (χ4v) is 1.87. The zero-order valence-corrected chi connectivity index (χ0v) is 7.01. The van der Waals surface area contributed by atoms with E-state index in [0.29, 0.717) is 6.42 Å². The van der Waals surface area contributed by atoms with E-state index in [4.69, 9.17) is 0 Å². The third-order valence-electron chi connectivity index (χ3n) is 0.949. The van der Waals surface area contributed by atoms with Gasteiger partial charge in [0, 0.05) is 0 Å². The van der Waals surface area contributed by atoms with Crippen molar-refractivity contribution in [1.29, 1.82) is 0 Å². The fourth-order valence-electron chi connectivity index (χ4n) is 0.470. The molecule has 0 aliphatic heterocycles. The molecule has 0 aliphatic carbocycles. The van der Waals surface area contributed by atoms with Crippen LogP contribution in [0, 0.1) is 6.92 Å². The van der Waals surface area contributed by atoms with Crippen LogP contribution in [0.25, 0.3) is 0 Å². The van der Waals surface area contributed by atoms with Gasteiger partial charge in [-0.25, -0.2) is 16.8 Å². The maximum absolute atomic E-state index is 10.2. The summed E-state index contributed by atoms with van der Waals surface area (Å²) in [7, 11) is -5.69. The molecule has 0 saturated carbocycles. The topological polar surface area (TPSA) is 68.3 Å². The SMILES string of the molecule is [CH2]CCC([SH](=O)=O)[SH](=O)=O. The smallest absolute Gasteiger partial charge is 0.157 e. The Kier molecular flexibility index (Phi) is 4.63.